The van der Waals surface area contributed by atoms with Crippen molar-refractivity contribution in [3.05, 3.63) is 23.8 Å². The van der Waals surface area contributed by atoms with Gasteiger partial charge in [0.15, 0.2) is 0 Å². The number of hydrogen-bond acceptors (Lipinski definition) is 3. The van der Waals surface area contributed by atoms with Crippen LogP contribution in [0.2, 0.25) is 0 Å². The molecule has 1 fully saturated rings. The van der Waals surface area contributed by atoms with E-state index >= 15 is 0 Å². The van der Waals surface area contributed by atoms with E-state index < -0.39 is 0 Å². The monoisotopic (exact) mass is 283 g/mol. The van der Waals surface area contributed by atoms with E-state index in [1.807, 2.05) is 0 Å². The van der Waals surface area contributed by atoms with Gasteiger partial charge >= 0.3 is 0 Å². The fraction of sp³-hybridized carbons (Fsp3) is 0.500. The van der Waals surface area contributed by atoms with E-state index in [0.717, 1.165) is 25.7 Å². The predicted molar refractivity (Wildman–Crippen MR) is 73.7 cm³/mol. The van der Waals surface area contributed by atoms with Gasteiger partial charge in [-0.2, -0.15) is 0 Å². The van der Waals surface area contributed by atoms with Crippen LogP contribution in [0.4, 0.5) is 0 Å². The molecule has 0 bridgehead atoms. The van der Waals surface area contributed by atoms with Crippen molar-refractivity contribution in [1.82, 2.24) is 5.32 Å². The lowest BCUT2D eigenvalue weighted by atomic mass is 9.87. The average molecular weight is 284 g/mol. The van der Waals surface area contributed by atoms with Crippen LogP contribution in [0.3, 0.4) is 0 Å². The number of benzene rings is 1. The second kappa shape index (κ2) is 6.15. The van der Waals surface area contributed by atoms with E-state index in [2.05, 4.69) is 5.32 Å². The molecule has 0 radical (unpaired) electrons. The summed E-state index contributed by atoms with van der Waals surface area (Å²) < 4.78 is 0. The highest BCUT2D eigenvalue weighted by Gasteiger charge is 2.22. The van der Waals surface area contributed by atoms with Crippen LogP contribution in [0.1, 0.15) is 36.0 Å². The normalized spacial score (nSPS) is 23.0. The zero-order valence-electron chi connectivity index (χ0n) is 10.6. The summed E-state index contributed by atoms with van der Waals surface area (Å²) in [6, 6.07) is 4.04. The van der Waals surface area contributed by atoms with Crippen LogP contribution in [-0.2, 0) is 0 Å². The topological polar surface area (TPSA) is 69.6 Å². The SMILES string of the molecule is O=C(NC1CCC(CCl)CC1)c1cc(O)cc(O)c1. The van der Waals surface area contributed by atoms with Crippen LogP contribution < -0.4 is 5.32 Å². The van der Waals surface area contributed by atoms with Crippen LogP contribution in [0.15, 0.2) is 18.2 Å². The summed E-state index contributed by atoms with van der Waals surface area (Å²) in [5.74, 6) is 0.744. The van der Waals surface area contributed by atoms with E-state index in [0.29, 0.717) is 11.8 Å². The summed E-state index contributed by atoms with van der Waals surface area (Å²) in [6.07, 6.45) is 3.90. The maximum absolute atomic E-state index is 12.0. The molecule has 1 amide bonds. The maximum atomic E-state index is 12.0. The molecule has 1 saturated carbocycles. The van der Waals surface area contributed by atoms with Crippen LogP contribution in [0.5, 0.6) is 11.5 Å². The lowest BCUT2D eigenvalue weighted by Gasteiger charge is -2.27. The lowest BCUT2D eigenvalue weighted by Crippen LogP contribution is -2.37. The molecule has 0 heterocycles. The molecule has 5 heteroatoms. The van der Waals surface area contributed by atoms with Gasteiger partial charge in [-0.05, 0) is 43.7 Å². The van der Waals surface area contributed by atoms with Gasteiger partial charge in [0, 0.05) is 23.6 Å². The van der Waals surface area contributed by atoms with E-state index in [9.17, 15) is 15.0 Å². The Morgan fingerprint density at radius 3 is 2.26 bits per heavy atom. The van der Waals surface area contributed by atoms with Crippen LogP contribution in [0.25, 0.3) is 0 Å². The summed E-state index contributed by atoms with van der Waals surface area (Å²) in [4.78, 5) is 12.0. The Labute approximate surface area is 117 Å². The number of alkyl halides is 1. The summed E-state index contributed by atoms with van der Waals surface area (Å²) in [5, 5.41) is 21.7. The van der Waals surface area contributed by atoms with E-state index in [1.54, 1.807) is 0 Å². The summed E-state index contributed by atoms with van der Waals surface area (Å²) in [6.45, 7) is 0. The van der Waals surface area contributed by atoms with Gasteiger partial charge in [-0.1, -0.05) is 0 Å². The van der Waals surface area contributed by atoms with Gasteiger partial charge in [0.05, 0.1) is 0 Å². The molecule has 0 unspecified atom stereocenters. The number of aromatic hydroxyl groups is 2. The van der Waals surface area contributed by atoms with Gasteiger partial charge in [0.25, 0.3) is 5.91 Å². The molecule has 0 spiro atoms. The van der Waals surface area contributed by atoms with E-state index in [1.165, 1.54) is 18.2 Å². The Balaban J connectivity index is 1.94. The number of rotatable bonds is 3. The van der Waals surface area contributed by atoms with Gasteiger partial charge in [-0.15, -0.1) is 11.6 Å². The molecule has 2 rings (SSSR count). The third-order valence-electron chi connectivity index (χ3n) is 3.56. The molecule has 0 aromatic heterocycles. The summed E-state index contributed by atoms with van der Waals surface area (Å²) in [7, 11) is 0. The fourth-order valence-electron chi connectivity index (χ4n) is 2.46. The van der Waals surface area contributed by atoms with Crippen molar-refractivity contribution in [3.8, 4) is 11.5 Å². The highest BCUT2D eigenvalue weighted by molar-refractivity contribution is 6.18. The van der Waals surface area contributed by atoms with Crippen molar-refractivity contribution in [1.29, 1.82) is 0 Å². The van der Waals surface area contributed by atoms with Crippen molar-refractivity contribution in [3.63, 3.8) is 0 Å². The molecule has 1 aromatic carbocycles. The largest absolute Gasteiger partial charge is 0.508 e. The Kier molecular flexibility index (Phi) is 4.53. The highest BCUT2D eigenvalue weighted by atomic mass is 35.5. The minimum atomic E-state index is -0.263. The molecule has 3 N–H and O–H groups in total. The Morgan fingerprint density at radius 2 is 1.74 bits per heavy atom. The van der Waals surface area contributed by atoms with Gasteiger partial charge in [-0.3, -0.25) is 4.79 Å². The number of phenols is 2. The molecule has 19 heavy (non-hydrogen) atoms. The van der Waals surface area contributed by atoms with Crippen LogP contribution in [-0.4, -0.2) is 28.0 Å². The molecular formula is C14H18ClNO3. The maximum Gasteiger partial charge on any atom is 0.251 e. The first-order chi connectivity index (χ1) is 9.08. The third-order valence-corrected chi connectivity index (χ3v) is 4.00. The number of carbonyl (C=O) groups is 1. The Hall–Kier alpha value is -1.42. The Morgan fingerprint density at radius 1 is 1.16 bits per heavy atom. The predicted octanol–water partition coefficient (Wildman–Crippen LogP) is 2.63. The van der Waals surface area contributed by atoms with Gasteiger partial charge in [-0.25, -0.2) is 0 Å². The fourth-order valence-corrected chi connectivity index (χ4v) is 2.76. The van der Waals surface area contributed by atoms with E-state index in [4.69, 9.17) is 11.6 Å². The molecular weight excluding hydrogens is 266 g/mol. The molecule has 4 nitrogen and oxygen atoms in total. The highest BCUT2D eigenvalue weighted by Crippen LogP contribution is 2.26. The smallest absolute Gasteiger partial charge is 0.251 e. The molecule has 0 aliphatic heterocycles. The van der Waals surface area contributed by atoms with Crippen molar-refractivity contribution in [2.45, 2.75) is 31.7 Å². The first-order valence-electron chi connectivity index (χ1n) is 6.48. The molecule has 0 atom stereocenters. The molecule has 1 aliphatic rings. The molecule has 1 aliphatic carbocycles. The first kappa shape index (κ1) is 14.0. The standard InChI is InChI=1S/C14H18ClNO3/c15-8-9-1-3-11(4-2-9)16-14(19)10-5-12(17)7-13(18)6-10/h5-7,9,11,17-18H,1-4,8H2,(H,16,19). The van der Waals surface area contributed by atoms with E-state index in [-0.39, 0.29) is 29.0 Å². The number of amides is 1. The summed E-state index contributed by atoms with van der Waals surface area (Å²) in [5.41, 5.74) is 0.275. The molecule has 104 valence electrons. The minimum absolute atomic E-state index is 0.115. The number of nitrogens with one attached hydrogen (secondary N) is 1. The van der Waals surface area contributed by atoms with Crippen LogP contribution >= 0.6 is 11.6 Å². The van der Waals surface area contributed by atoms with Gasteiger partial charge < -0.3 is 15.5 Å². The average Bonchev–Trinajstić information content (AvgIpc) is 2.38. The number of phenolic OH excluding ortho intramolecular Hbond substituents is 2. The molecule has 1 aromatic rings. The minimum Gasteiger partial charge on any atom is -0.508 e. The second-order valence-corrected chi connectivity index (χ2v) is 5.39. The Bertz CT molecular complexity index is 436. The number of carbonyl (C=O) groups excluding carboxylic acids is 1. The zero-order valence-corrected chi connectivity index (χ0v) is 11.4. The second-order valence-electron chi connectivity index (χ2n) is 5.08. The van der Waals surface area contributed by atoms with Crippen molar-refractivity contribution < 1.29 is 15.0 Å². The first-order valence-corrected chi connectivity index (χ1v) is 7.02. The van der Waals surface area contributed by atoms with Gasteiger partial charge in [0.1, 0.15) is 11.5 Å². The van der Waals surface area contributed by atoms with Crippen molar-refractivity contribution in [2.24, 2.45) is 5.92 Å². The van der Waals surface area contributed by atoms with Crippen LogP contribution in [0, 0.1) is 5.92 Å². The third kappa shape index (κ3) is 3.77. The molecule has 0 saturated heterocycles. The van der Waals surface area contributed by atoms with Crippen molar-refractivity contribution >= 4 is 17.5 Å². The number of hydrogen-bond donors (Lipinski definition) is 3. The number of halogens is 1. The van der Waals surface area contributed by atoms with Gasteiger partial charge in [0.2, 0.25) is 0 Å². The lowest BCUT2D eigenvalue weighted by molar-refractivity contribution is 0.0922. The van der Waals surface area contributed by atoms with Crippen molar-refractivity contribution in [2.75, 3.05) is 5.88 Å². The quantitative estimate of drug-likeness (QED) is 0.747. The zero-order chi connectivity index (χ0) is 13.8. The summed E-state index contributed by atoms with van der Waals surface area (Å²) >= 11 is 5.82.